The van der Waals surface area contributed by atoms with Gasteiger partial charge >= 0.3 is 0 Å². The number of likely N-dealkylation sites (tertiary alicyclic amines) is 2. The van der Waals surface area contributed by atoms with Crippen LogP contribution in [0, 0.1) is 5.41 Å². The number of piperidine rings is 1. The molecule has 2 fully saturated rings. The smallest absolute Gasteiger partial charge is 0.255 e. The third kappa shape index (κ3) is 5.95. The average molecular weight is 454 g/mol. The molecule has 3 aliphatic heterocycles. The first kappa shape index (κ1) is 23.3. The third-order valence-electron chi connectivity index (χ3n) is 7.19. The molecule has 1 aromatic carbocycles. The van der Waals surface area contributed by atoms with Gasteiger partial charge in [0.15, 0.2) is 0 Å². The van der Waals surface area contributed by atoms with Crippen LogP contribution in [0.1, 0.15) is 61.7 Å². The van der Waals surface area contributed by atoms with Gasteiger partial charge in [0.25, 0.3) is 5.91 Å². The van der Waals surface area contributed by atoms with Crippen molar-refractivity contribution in [2.45, 2.75) is 51.4 Å². The van der Waals surface area contributed by atoms with Crippen LogP contribution in [0.4, 0.5) is 0 Å². The molecule has 0 aliphatic carbocycles. The number of hydrogen-bond donors (Lipinski definition) is 1. The average Bonchev–Trinajstić information content (AvgIpc) is 3.03. The van der Waals surface area contributed by atoms with Crippen LogP contribution in [-0.2, 0) is 9.59 Å². The zero-order valence-corrected chi connectivity index (χ0v) is 19.4. The van der Waals surface area contributed by atoms with Crippen molar-refractivity contribution < 1.29 is 19.1 Å². The number of hydrogen-bond acceptors (Lipinski definition) is 4. The summed E-state index contributed by atoms with van der Waals surface area (Å²) in [6, 6.07) is 7.35. The molecule has 178 valence electrons. The van der Waals surface area contributed by atoms with Gasteiger partial charge in [0.2, 0.25) is 11.8 Å². The molecule has 0 atom stereocenters. The van der Waals surface area contributed by atoms with Crippen molar-refractivity contribution in [1.82, 2.24) is 15.1 Å². The SMILES string of the molecule is O=C1NCC2(C/C=C/CCOc3ccccc31)CCN(C(=O)CN1CCCCCC1=O)CC2. The van der Waals surface area contributed by atoms with Gasteiger partial charge in [-0.05, 0) is 56.1 Å². The molecule has 3 aliphatic rings. The van der Waals surface area contributed by atoms with Gasteiger partial charge in [-0.1, -0.05) is 30.7 Å². The van der Waals surface area contributed by atoms with E-state index < -0.39 is 0 Å². The van der Waals surface area contributed by atoms with Crippen molar-refractivity contribution in [2.75, 3.05) is 39.3 Å². The number of para-hydroxylation sites is 1. The lowest BCUT2D eigenvalue weighted by Crippen LogP contribution is -2.50. The van der Waals surface area contributed by atoms with Gasteiger partial charge in [0.1, 0.15) is 5.75 Å². The number of nitrogens with one attached hydrogen (secondary N) is 1. The zero-order valence-electron chi connectivity index (χ0n) is 19.4. The lowest BCUT2D eigenvalue weighted by molar-refractivity contribution is -0.141. The fraction of sp³-hybridized carbons (Fsp3) is 0.577. The highest BCUT2D eigenvalue weighted by molar-refractivity contribution is 5.96. The summed E-state index contributed by atoms with van der Waals surface area (Å²) in [6.45, 7) is 3.29. The number of amides is 3. The molecule has 3 amide bonds. The highest BCUT2D eigenvalue weighted by atomic mass is 16.5. The Labute approximate surface area is 196 Å². The Bertz CT molecular complexity index is 889. The Morgan fingerprint density at radius 2 is 1.85 bits per heavy atom. The fourth-order valence-corrected chi connectivity index (χ4v) is 4.98. The molecule has 1 aromatic rings. The number of ether oxygens (including phenoxy) is 1. The Kier molecular flexibility index (Phi) is 7.68. The number of fused-ring (bicyclic) bond motifs is 1. The van der Waals surface area contributed by atoms with Crippen molar-refractivity contribution in [3.63, 3.8) is 0 Å². The van der Waals surface area contributed by atoms with E-state index in [1.807, 2.05) is 23.1 Å². The summed E-state index contributed by atoms with van der Waals surface area (Å²) in [5.41, 5.74) is 0.489. The summed E-state index contributed by atoms with van der Waals surface area (Å²) in [5, 5.41) is 3.13. The molecular weight excluding hydrogens is 418 g/mol. The van der Waals surface area contributed by atoms with Gasteiger partial charge in [-0.2, -0.15) is 0 Å². The molecular formula is C26H35N3O4. The van der Waals surface area contributed by atoms with Gasteiger partial charge in [0, 0.05) is 32.6 Å². The van der Waals surface area contributed by atoms with E-state index in [0.717, 1.165) is 44.9 Å². The molecule has 0 aromatic heterocycles. The normalized spacial score (nSPS) is 22.8. The quantitative estimate of drug-likeness (QED) is 0.698. The molecule has 0 unspecified atom stereocenters. The molecule has 1 spiro atoms. The summed E-state index contributed by atoms with van der Waals surface area (Å²) in [4.78, 5) is 41.7. The summed E-state index contributed by atoms with van der Waals surface area (Å²) in [6.07, 6.45) is 11.2. The van der Waals surface area contributed by atoms with Crippen LogP contribution in [0.15, 0.2) is 36.4 Å². The van der Waals surface area contributed by atoms with Gasteiger partial charge in [-0.3, -0.25) is 14.4 Å². The second kappa shape index (κ2) is 10.9. The molecule has 2 saturated heterocycles. The summed E-state index contributed by atoms with van der Waals surface area (Å²) in [7, 11) is 0. The van der Waals surface area contributed by atoms with Crippen LogP contribution in [-0.4, -0.2) is 66.9 Å². The number of nitrogens with zero attached hydrogens (tertiary/aromatic N) is 2. The van der Waals surface area contributed by atoms with Crippen LogP contribution in [0.25, 0.3) is 0 Å². The third-order valence-corrected chi connectivity index (χ3v) is 7.19. The molecule has 0 radical (unpaired) electrons. The van der Waals surface area contributed by atoms with Gasteiger partial charge in [-0.25, -0.2) is 0 Å². The van der Waals surface area contributed by atoms with E-state index in [4.69, 9.17) is 4.74 Å². The molecule has 0 bridgehead atoms. The van der Waals surface area contributed by atoms with E-state index in [2.05, 4.69) is 17.5 Å². The first-order chi connectivity index (χ1) is 16.1. The first-order valence-electron chi connectivity index (χ1n) is 12.3. The topological polar surface area (TPSA) is 79.0 Å². The largest absolute Gasteiger partial charge is 0.492 e. The number of benzene rings is 1. The number of carbonyl (C=O) groups excluding carboxylic acids is 3. The van der Waals surface area contributed by atoms with Crippen LogP contribution in [0.5, 0.6) is 5.75 Å². The van der Waals surface area contributed by atoms with E-state index >= 15 is 0 Å². The van der Waals surface area contributed by atoms with Crippen molar-refractivity contribution >= 4 is 17.7 Å². The Morgan fingerprint density at radius 3 is 2.70 bits per heavy atom. The van der Waals surface area contributed by atoms with Gasteiger partial charge in [-0.15, -0.1) is 0 Å². The minimum absolute atomic E-state index is 0.0407. The summed E-state index contributed by atoms with van der Waals surface area (Å²) >= 11 is 0. The standard InChI is InChI=1S/C26H35N3O4/c30-23-11-3-1-7-15-29(23)19-24(31)28-16-13-26(14-17-28)12-6-2-8-18-33-22-10-5-4-9-21(22)25(32)27-20-26/h2,4-6,9-10H,1,3,7-8,11-20H2,(H,27,32)/b6-2+. The van der Waals surface area contributed by atoms with Crippen LogP contribution >= 0.6 is 0 Å². The molecule has 0 saturated carbocycles. The molecule has 7 nitrogen and oxygen atoms in total. The highest BCUT2D eigenvalue weighted by Gasteiger charge is 2.36. The Morgan fingerprint density at radius 1 is 1.03 bits per heavy atom. The maximum atomic E-state index is 12.9. The minimum atomic E-state index is -0.118. The lowest BCUT2D eigenvalue weighted by atomic mass is 9.75. The fourth-order valence-electron chi connectivity index (χ4n) is 4.98. The van der Waals surface area contributed by atoms with E-state index in [1.54, 1.807) is 11.0 Å². The number of rotatable bonds is 2. The van der Waals surface area contributed by atoms with Gasteiger partial charge in [0.05, 0.1) is 18.7 Å². The van der Waals surface area contributed by atoms with Crippen molar-refractivity contribution in [2.24, 2.45) is 5.41 Å². The van der Waals surface area contributed by atoms with Crippen LogP contribution < -0.4 is 10.1 Å². The molecule has 1 N–H and O–H groups in total. The molecule has 3 heterocycles. The van der Waals surface area contributed by atoms with Crippen molar-refractivity contribution in [3.8, 4) is 5.75 Å². The molecule has 7 heteroatoms. The number of allylic oxidation sites excluding steroid dienone is 1. The van der Waals surface area contributed by atoms with E-state index in [9.17, 15) is 14.4 Å². The van der Waals surface area contributed by atoms with Crippen molar-refractivity contribution in [1.29, 1.82) is 0 Å². The van der Waals surface area contributed by atoms with Crippen LogP contribution in [0.2, 0.25) is 0 Å². The monoisotopic (exact) mass is 453 g/mol. The highest BCUT2D eigenvalue weighted by Crippen LogP contribution is 2.35. The number of carbonyl (C=O) groups is 3. The lowest BCUT2D eigenvalue weighted by Gasteiger charge is -2.42. The van der Waals surface area contributed by atoms with E-state index in [1.165, 1.54) is 0 Å². The Balaban J connectivity index is 1.38. The second-order valence-corrected chi connectivity index (χ2v) is 9.50. The molecule has 4 rings (SSSR count). The summed E-state index contributed by atoms with van der Waals surface area (Å²) in [5.74, 6) is 0.638. The van der Waals surface area contributed by atoms with Gasteiger partial charge < -0.3 is 19.9 Å². The first-order valence-corrected chi connectivity index (χ1v) is 12.3. The van der Waals surface area contributed by atoms with E-state index in [-0.39, 0.29) is 29.7 Å². The Hall–Kier alpha value is -2.83. The molecule has 33 heavy (non-hydrogen) atoms. The minimum Gasteiger partial charge on any atom is -0.492 e. The maximum absolute atomic E-state index is 12.9. The maximum Gasteiger partial charge on any atom is 0.255 e. The predicted molar refractivity (Wildman–Crippen MR) is 126 cm³/mol. The zero-order chi connectivity index (χ0) is 23.1. The summed E-state index contributed by atoms with van der Waals surface area (Å²) < 4.78 is 5.80. The van der Waals surface area contributed by atoms with Crippen molar-refractivity contribution in [3.05, 3.63) is 42.0 Å². The predicted octanol–water partition coefficient (Wildman–Crippen LogP) is 3.16. The van der Waals surface area contributed by atoms with Crippen LogP contribution in [0.3, 0.4) is 0 Å². The van der Waals surface area contributed by atoms with E-state index in [0.29, 0.717) is 50.5 Å². The second-order valence-electron chi connectivity index (χ2n) is 9.50.